The number of nitrogens with zero attached hydrogens (tertiary/aromatic N) is 1. The van der Waals surface area contributed by atoms with Gasteiger partial charge in [0.2, 0.25) is 5.91 Å². The van der Waals surface area contributed by atoms with E-state index in [1.807, 2.05) is 19.1 Å². The summed E-state index contributed by atoms with van der Waals surface area (Å²) in [7, 11) is 0. The van der Waals surface area contributed by atoms with E-state index in [0.29, 0.717) is 0 Å². The maximum absolute atomic E-state index is 11.2. The molecular weight excluding hydrogens is 158 g/mol. The van der Waals surface area contributed by atoms with Gasteiger partial charge in [-0.1, -0.05) is 12.2 Å². The number of carbonyl (C=O) groups excluding carboxylic acids is 1. The molecule has 0 spiro atoms. The Labute approximate surface area is 70.4 Å². The summed E-state index contributed by atoms with van der Waals surface area (Å²) in [6, 6.07) is -0.270. The van der Waals surface area contributed by atoms with Crippen molar-refractivity contribution in [3.8, 4) is 0 Å². The SMILES string of the molecule is C[C@@H]1C=C[C@@H]2[C@@H](O)CC(=O)N2O1. The second kappa shape index (κ2) is 2.57. The highest BCUT2D eigenvalue weighted by Crippen LogP contribution is 2.25. The highest BCUT2D eigenvalue weighted by atomic mass is 16.7. The molecule has 0 radical (unpaired) electrons. The third-order valence-corrected chi connectivity index (χ3v) is 2.15. The van der Waals surface area contributed by atoms with E-state index < -0.39 is 6.10 Å². The fourth-order valence-corrected chi connectivity index (χ4v) is 1.53. The normalized spacial score (nSPS) is 40.3. The summed E-state index contributed by atoms with van der Waals surface area (Å²) in [4.78, 5) is 16.4. The summed E-state index contributed by atoms with van der Waals surface area (Å²) in [5, 5.41) is 10.7. The van der Waals surface area contributed by atoms with Crippen molar-refractivity contribution >= 4 is 5.91 Å². The van der Waals surface area contributed by atoms with E-state index in [2.05, 4.69) is 0 Å². The van der Waals surface area contributed by atoms with Crippen LogP contribution in [-0.4, -0.2) is 34.3 Å². The van der Waals surface area contributed by atoms with Gasteiger partial charge in [0.25, 0.3) is 0 Å². The lowest BCUT2D eigenvalue weighted by molar-refractivity contribution is -0.202. The molecule has 0 saturated carbocycles. The minimum absolute atomic E-state index is 0.0736. The molecule has 1 saturated heterocycles. The van der Waals surface area contributed by atoms with Gasteiger partial charge in [-0.2, -0.15) is 0 Å². The number of fused-ring (bicyclic) bond motifs is 1. The van der Waals surface area contributed by atoms with Crippen molar-refractivity contribution in [2.24, 2.45) is 0 Å². The zero-order valence-corrected chi connectivity index (χ0v) is 6.80. The Morgan fingerprint density at radius 1 is 1.67 bits per heavy atom. The Balaban J connectivity index is 2.23. The van der Waals surface area contributed by atoms with Crippen LogP contribution in [0.4, 0.5) is 0 Å². The summed E-state index contributed by atoms with van der Waals surface area (Å²) in [6.45, 7) is 1.85. The Morgan fingerprint density at radius 2 is 2.42 bits per heavy atom. The van der Waals surface area contributed by atoms with Crippen molar-refractivity contribution in [1.82, 2.24) is 5.06 Å². The van der Waals surface area contributed by atoms with Crippen LogP contribution in [0.15, 0.2) is 12.2 Å². The molecule has 0 aromatic rings. The van der Waals surface area contributed by atoms with Crippen LogP contribution in [0, 0.1) is 0 Å². The van der Waals surface area contributed by atoms with Gasteiger partial charge < -0.3 is 5.11 Å². The molecule has 4 heteroatoms. The number of aliphatic hydroxyl groups is 1. The largest absolute Gasteiger partial charge is 0.390 e. The third-order valence-electron chi connectivity index (χ3n) is 2.15. The fraction of sp³-hybridized carbons (Fsp3) is 0.625. The van der Waals surface area contributed by atoms with Crippen LogP contribution in [0.2, 0.25) is 0 Å². The van der Waals surface area contributed by atoms with Gasteiger partial charge in [-0.15, -0.1) is 0 Å². The summed E-state index contributed by atoms with van der Waals surface area (Å²) < 4.78 is 0. The zero-order valence-electron chi connectivity index (χ0n) is 6.80. The standard InChI is InChI=1S/C8H11NO3/c1-5-2-3-6-7(10)4-8(11)9(6)12-5/h2-3,5-7,10H,4H2,1H3/t5-,6-,7+/m1/s1. The van der Waals surface area contributed by atoms with E-state index in [-0.39, 0.29) is 24.5 Å². The lowest BCUT2D eigenvalue weighted by Crippen LogP contribution is -2.40. The lowest BCUT2D eigenvalue weighted by atomic mass is 10.1. The molecule has 0 aromatic carbocycles. The van der Waals surface area contributed by atoms with E-state index in [9.17, 15) is 9.90 Å². The number of hydrogen-bond donors (Lipinski definition) is 1. The fourth-order valence-electron chi connectivity index (χ4n) is 1.53. The van der Waals surface area contributed by atoms with Crippen molar-refractivity contribution < 1.29 is 14.7 Å². The number of hydrogen-bond acceptors (Lipinski definition) is 3. The van der Waals surface area contributed by atoms with E-state index in [4.69, 9.17) is 4.84 Å². The van der Waals surface area contributed by atoms with Crippen molar-refractivity contribution in [2.45, 2.75) is 31.6 Å². The molecule has 2 aliphatic rings. The Bertz CT molecular complexity index is 238. The van der Waals surface area contributed by atoms with Crippen LogP contribution in [0.25, 0.3) is 0 Å². The molecule has 1 N–H and O–H groups in total. The van der Waals surface area contributed by atoms with Crippen molar-refractivity contribution in [3.63, 3.8) is 0 Å². The van der Waals surface area contributed by atoms with Gasteiger partial charge in [-0.3, -0.25) is 9.63 Å². The first-order valence-corrected chi connectivity index (χ1v) is 4.03. The molecule has 1 fully saturated rings. The monoisotopic (exact) mass is 169 g/mol. The van der Waals surface area contributed by atoms with Crippen LogP contribution in [0.3, 0.4) is 0 Å². The van der Waals surface area contributed by atoms with Crippen molar-refractivity contribution in [1.29, 1.82) is 0 Å². The Kier molecular flexibility index (Phi) is 1.66. The van der Waals surface area contributed by atoms with Crippen LogP contribution in [-0.2, 0) is 9.63 Å². The number of rotatable bonds is 0. The Morgan fingerprint density at radius 3 is 3.17 bits per heavy atom. The molecule has 2 aliphatic heterocycles. The van der Waals surface area contributed by atoms with Gasteiger partial charge in [-0.25, -0.2) is 5.06 Å². The van der Waals surface area contributed by atoms with E-state index >= 15 is 0 Å². The van der Waals surface area contributed by atoms with E-state index in [0.717, 1.165) is 0 Å². The van der Waals surface area contributed by atoms with Gasteiger partial charge in [0.15, 0.2) is 0 Å². The van der Waals surface area contributed by atoms with E-state index in [1.165, 1.54) is 5.06 Å². The molecule has 3 atom stereocenters. The molecule has 0 aromatic heterocycles. The molecular formula is C8H11NO3. The first-order chi connectivity index (χ1) is 5.68. The first kappa shape index (κ1) is 7.76. The maximum atomic E-state index is 11.2. The molecule has 0 aliphatic carbocycles. The molecule has 0 unspecified atom stereocenters. The van der Waals surface area contributed by atoms with Gasteiger partial charge in [0.1, 0.15) is 12.1 Å². The minimum atomic E-state index is -0.610. The average Bonchev–Trinajstić information content (AvgIpc) is 2.28. The third kappa shape index (κ3) is 1.04. The van der Waals surface area contributed by atoms with Gasteiger partial charge >= 0.3 is 0 Å². The number of amides is 1. The second-order valence-corrected chi connectivity index (χ2v) is 3.18. The molecule has 0 bridgehead atoms. The minimum Gasteiger partial charge on any atom is -0.390 e. The molecule has 1 amide bonds. The number of aliphatic hydroxyl groups excluding tert-OH is 1. The summed E-state index contributed by atoms with van der Waals surface area (Å²) in [5.74, 6) is -0.135. The molecule has 66 valence electrons. The number of hydroxylamine groups is 2. The maximum Gasteiger partial charge on any atom is 0.249 e. The average molecular weight is 169 g/mol. The molecule has 2 heterocycles. The van der Waals surface area contributed by atoms with Crippen LogP contribution in [0.1, 0.15) is 13.3 Å². The lowest BCUT2D eigenvalue weighted by Gasteiger charge is -2.28. The van der Waals surface area contributed by atoms with E-state index in [1.54, 1.807) is 0 Å². The Hall–Kier alpha value is -0.870. The van der Waals surface area contributed by atoms with Crippen molar-refractivity contribution in [2.75, 3.05) is 0 Å². The summed E-state index contributed by atoms with van der Waals surface area (Å²) in [5.41, 5.74) is 0. The smallest absolute Gasteiger partial charge is 0.249 e. The molecule has 2 rings (SSSR count). The summed E-state index contributed by atoms with van der Waals surface area (Å²) in [6.07, 6.45) is 3.16. The quantitative estimate of drug-likeness (QED) is 0.512. The van der Waals surface area contributed by atoms with Crippen molar-refractivity contribution in [3.05, 3.63) is 12.2 Å². The second-order valence-electron chi connectivity index (χ2n) is 3.18. The highest BCUT2D eigenvalue weighted by Gasteiger charge is 2.40. The highest BCUT2D eigenvalue weighted by molar-refractivity contribution is 5.79. The van der Waals surface area contributed by atoms with Gasteiger partial charge in [-0.05, 0) is 6.92 Å². The molecule has 12 heavy (non-hydrogen) atoms. The topological polar surface area (TPSA) is 49.8 Å². The molecule has 4 nitrogen and oxygen atoms in total. The van der Waals surface area contributed by atoms with Gasteiger partial charge in [0.05, 0.1) is 12.5 Å². The summed E-state index contributed by atoms with van der Waals surface area (Å²) >= 11 is 0. The van der Waals surface area contributed by atoms with Crippen LogP contribution >= 0.6 is 0 Å². The van der Waals surface area contributed by atoms with Gasteiger partial charge in [0, 0.05) is 0 Å². The van der Waals surface area contributed by atoms with Crippen LogP contribution < -0.4 is 0 Å². The predicted octanol–water partition coefficient (Wildman–Crippen LogP) is -0.162. The predicted molar refractivity (Wildman–Crippen MR) is 40.9 cm³/mol. The first-order valence-electron chi connectivity index (χ1n) is 4.03. The van der Waals surface area contributed by atoms with Crippen LogP contribution in [0.5, 0.6) is 0 Å². The number of carbonyl (C=O) groups is 1. The zero-order chi connectivity index (χ0) is 8.72.